The highest BCUT2D eigenvalue weighted by Gasteiger charge is 2.09. The van der Waals surface area contributed by atoms with Gasteiger partial charge >= 0.3 is 0 Å². The van der Waals surface area contributed by atoms with Gasteiger partial charge in [0.2, 0.25) is 5.91 Å². The Kier molecular flexibility index (Phi) is 5.18. The number of aromatic nitrogens is 3. The minimum atomic E-state index is -0.295. The zero-order chi connectivity index (χ0) is 17.6. The molecule has 0 unspecified atom stereocenters. The molecule has 3 aromatic rings. The summed E-state index contributed by atoms with van der Waals surface area (Å²) in [5.74, 6) is 0.714. The lowest BCUT2D eigenvalue weighted by Crippen LogP contribution is -2.25. The highest BCUT2D eigenvalue weighted by atomic mass is 19.1. The van der Waals surface area contributed by atoms with E-state index in [4.69, 9.17) is 0 Å². The van der Waals surface area contributed by atoms with E-state index in [1.807, 2.05) is 19.1 Å². The molecule has 0 aliphatic rings. The van der Waals surface area contributed by atoms with Gasteiger partial charge in [0, 0.05) is 13.0 Å². The van der Waals surface area contributed by atoms with E-state index < -0.39 is 0 Å². The highest BCUT2D eigenvalue weighted by molar-refractivity contribution is 5.77. The topological polar surface area (TPSA) is 70.7 Å². The predicted molar refractivity (Wildman–Crippen MR) is 92.3 cm³/mol. The van der Waals surface area contributed by atoms with E-state index in [1.165, 1.54) is 17.7 Å². The average molecular weight is 338 g/mol. The van der Waals surface area contributed by atoms with Crippen molar-refractivity contribution in [2.45, 2.75) is 26.3 Å². The SMILES string of the molecule is Cc1ccc(Cc2nc(CC(=O)NCc3ccc(F)cc3)n[nH]2)cc1. The summed E-state index contributed by atoms with van der Waals surface area (Å²) in [5.41, 5.74) is 3.18. The summed E-state index contributed by atoms with van der Waals surface area (Å²) >= 11 is 0. The molecule has 2 N–H and O–H groups in total. The monoisotopic (exact) mass is 338 g/mol. The molecule has 0 atom stereocenters. The first-order chi connectivity index (χ1) is 12.1. The van der Waals surface area contributed by atoms with Crippen LogP contribution in [0.1, 0.15) is 28.3 Å². The molecule has 0 saturated heterocycles. The summed E-state index contributed by atoms with van der Waals surface area (Å²) in [6.07, 6.45) is 0.746. The zero-order valence-corrected chi connectivity index (χ0v) is 13.9. The van der Waals surface area contributed by atoms with Crippen molar-refractivity contribution in [3.8, 4) is 0 Å². The molecular weight excluding hydrogens is 319 g/mol. The Bertz CT molecular complexity index is 841. The van der Waals surface area contributed by atoms with Crippen LogP contribution in [-0.2, 0) is 24.2 Å². The van der Waals surface area contributed by atoms with Gasteiger partial charge < -0.3 is 5.32 Å². The molecule has 0 aliphatic heterocycles. The summed E-state index contributed by atoms with van der Waals surface area (Å²) in [6.45, 7) is 2.39. The fourth-order valence-electron chi connectivity index (χ4n) is 2.40. The van der Waals surface area contributed by atoms with Crippen LogP contribution in [0.15, 0.2) is 48.5 Å². The molecule has 1 amide bonds. The highest BCUT2D eigenvalue weighted by Crippen LogP contribution is 2.08. The van der Waals surface area contributed by atoms with Gasteiger partial charge in [0.15, 0.2) is 5.82 Å². The van der Waals surface area contributed by atoms with E-state index in [0.717, 1.165) is 17.0 Å². The number of carbonyl (C=O) groups is 1. The molecule has 2 aromatic carbocycles. The molecular formula is C19H19FN4O. The van der Waals surface area contributed by atoms with Crippen LogP contribution in [0, 0.1) is 12.7 Å². The Hall–Kier alpha value is -3.02. The lowest BCUT2D eigenvalue weighted by molar-refractivity contribution is -0.120. The van der Waals surface area contributed by atoms with Crippen molar-refractivity contribution in [3.63, 3.8) is 0 Å². The molecule has 6 heteroatoms. The molecule has 0 saturated carbocycles. The van der Waals surface area contributed by atoms with E-state index in [1.54, 1.807) is 12.1 Å². The van der Waals surface area contributed by atoms with Crippen molar-refractivity contribution in [1.82, 2.24) is 20.5 Å². The average Bonchev–Trinajstić information content (AvgIpc) is 3.03. The number of hydrogen-bond acceptors (Lipinski definition) is 3. The van der Waals surface area contributed by atoms with Crippen LogP contribution in [0.3, 0.4) is 0 Å². The second-order valence-electron chi connectivity index (χ2n) is 5.94. The Balaban J connectivity index is 1.51. The second kappa shape index (κ2) is 7.70. The van der Waals surface area contributed by atoms with Crippen LogP contribution < -0.4 is 5.32 Å². The minimum Gasteiger partial charge on any atom is -0.352 e. The van der Waals surface area contributed by atoms with Gasteiger partial charge in [-0.05, 0) is 30.2 Å². The molecule has 0 radical (unpaired) electrons. The number of aryl methyl sites for hydroxylation is 1. The summed E-state index contributed by atoms with van der Waals surface area (Å²) in [6, 6.07) is 14.2. The van der Waals surface area contributed by atoms with Gasteiger partial charge in [0.05, 0.1) is 6.42 Å². The molecule has 0 spiro atoms. The van der Waals surface area contributed by atoms with Gasteiger partial charge in [-0.15, -0.1) is 0 Å². The molecule has 0 fully saturated rings. The third-order valence-corrected chi connectivity index (χ3v) is 3.79. The first-order valence-corrected chi connectivity index (χ1v) is 8.05. The molecule has 25 heavy (non-hydrogen) atoms. The van der Waals surface area contributed by atoms with Gasteiger partial charge in [-0.2, -0.15) is 5.10 Å². The van der Waals surface area contributed by atoms with Gasteiger partial charge in [-0.1, -0.05) is 42.0 Å². The Morgan fingerprint density at radius 2 is 1.76 bits per heavy atom. The minimum absolute atomic E-state index is 0.103. The molecule has 1 heterocycles. The Morgan fingerprint density at radius 3 is 2.48 bits per heavy atom. The van der Waals surface area contributed by atoms with E-state index in [0.29, 0.717) is 18.8 Å². The smallest absolute Gasteiger partial charge is 0.228 e. The predicted octanol–water partition coefficient (Wildman–Crippen LogP) is 2.70. The van der Waals surface area contributed by atoms with Crippen LogP contribution in [-0.4, -0.2) is 21.1 Å². The quantitative estimate of drug-likeness (QED) is 0.726. The summed E-state index contributed by atoms with van der Waals surface area (Å²) in [4.78, 5) is 16.3. The van der Waals surface area contributed by atoms with Crippen molar-refractivity contribution in [2.75, 3.05) is 0 Å². The third-order valence-electron chi connectivity index (χ3n) is 3.79. The molecule has 0 aliphatic carbocycles. The largest absolute Gasteiger partial charge is 0.352 e. The molecule has 3 rings (SSSR count). The molecule has 128 valence electrons. The number of benzene rings is 2. The summed E-state index contributed by atoms with van der Waals surface area (Å²) in [7, 11) is 0. The first-order valence-electron chi connectivity index (χ1n) is 8.05. The summed E-state index contributed by atoms with van der Waals surface area (Å²) in [5, 5.41) is 9.74. The van der Waals surface area contributed by atoms with Crippen LogP contribution in [0.25, 0.3) is 0 Å². The van der Waals surface area contributed by atoms with Crippen molar-refractivity contribution < 1.29 is 9.18 Å². The first kappa shape index (κ1) is 16.8. The number of hydrogen-bond donors (Lipinski definition) is 2. The number of H-pyrrole nitrogens is 1. The fraction of sp³-hybridized carbons (Fsp3) is 0.211. The number of nitrogens with one attached hydrogen (secondary N) is 2. The van der Waals surface area contributed by atoms with E-state index >= 15 is 0 Å². The van der Waals surface area contributed by atoms with Crippen molar-refractivity contribution >= 4 is 5.91 Å². The van der Waals surface area contributed by atoms with Crippen LogP contribution in [0.5, 0.6) is 0 Å². The number of aromatic amines is 1. The third kappa shape index (κ3) is 4.97. The number of nitrogens with zero attached hydrogens (tertiary/aromatic N) is 2. The van der Waals surface area contributed by atoms with Gasteiger partial charge in [-0.3, -0.25) is 9.89 Å². The van der Waals surface area contributed by atoms with Gasteiger partial charge in [-0.25, -0.2) is 9.37 Å². The van der Waals surface area contributed by atoms with E-state index in [-0.39, 0.29) is 18.1 Å². The van der Waals surface area contributed by atoms with Crippen molar-refractivity contribution in [1.29, 1.82) is 0 Å². The maximum absolute atomic E-state index is 12.8. The maximum atomic E-state index is 12.8. The number of amides is 1. The van der Waals surface area contributed by atoms with E-state index in [9.17, 15) is 9.18 Å². The molecule has 5 nitrogen and oxygen atoms in total. The lowest BCUT2D eigenvalue weighted by Gasteiger charge is -2.03. The summed E-state index contributed by atoms with van der Waals surface area (Å²) < 4.78 is 12.8. The van der Waals surface area contributed by atoms with Crippen LogP contribution in [0.2, 0.25) is 0 Å². The number of rotatable bonds is 6. The molecule has 0 bridgehead atoms. The Labute approximate surface area is 145 Å². The second-order valence-corrected chi connectivity index (χ2v) is 5.94. The standard InChI is InChI=1S/C19H19FN4O/c1-13-2-4-14(5-3-13)10-17-22-18(24-23-17)11-19(25)21-12-15-6-8-16(20)9-7-15/h2-9H,10-12H2,1H3,(H,21,25)(H,22,23,24). The van der Waals surface area contributed by atoms with Gasteiger partial charge in [0.25, 0.3) is 0 Å². The van der Waals surface area contributed by atoms with Crippen molar-refractivity contribution in [2.24, 2.45) is 0 Å². The van der Waals surface area contributed by atoms with Crippen LogP contribution >= 0.6 is 0 Å². The van der Waals surface area contributed by atoms with Crippen LogP contribution in [0.4, 0.5) is 4.39 Å². The zero-order valence-electron chi connectivity index (χ0n) is 13.9. The number of halogens is 1. The number of carbonyl (C=O) groups excluding carboxylic acids is 1. The normalized spacial score (nSPS) is 10.6. The fourth-order valence-corrected chi connectivity index (χ4v) is 2.40. The van der Waals surface area contributed by atoms with Gasteiger partial charge in [0.1, 0.15) is 11.6 Å². The maximum Gasteiger partial charge on any atom is 0.228 e. The van der Waals surface area contributed by atoms with E-state index in [2.05, 4.69) is 32.6 Å². The Morgan fingerprint density at radius 1 is 1.08 bits per heavy atom. The lowest BCUT2D eigenvalue weighted by atomic mass is 10.1. The molecule has 1 aromatic heterocycles. The van der Waals surface area contributed by atoms with Crippen molar-refractivity contribution in [3.05, 3.63) is 82.7 Å².